The van der Waals surface area contributed by atoms with Crippen LogP contribution in [0.3, 0.4) is 0 Å². The molecule has 80 valence electrons. The van der Waals surface area contributed by atoms with Gasteiger partial charge in [-0.2, -0.15) is 0 Å². The van der Waals surface area contributed by atoms with Gasteiger partial charge in [-0.25, -0.2) is 4.98 Å². The van der Waals surface area contributed by atoms with Crippen molar-refractivity contribution in [1.82, 2.24) is 9.55 Å². The number of nitrogens with two attached hydrogens (primary N) is 1. The fraction of sp³-hybridized carbons (Fsp3) is 0.300. The molecule has 2 rings (SSSR count). The maximum Gasteiger partial charge on any atom is 0.126 e. The lowest BCUT2D eigenvalue weighted by Gasteiger charge is -2.04. The number of rotatable bonds is 1. The monoisotopic (exact) mass is 243 g/mol. The van der Waals surface area contributed by atoms with Gasteiger partial charge in [0.05, 0.1) is 16.6 Å². The lowest BCUT2D eigenvalue weighted by Crippen LogP contribution is -2.11. The second-order valence-corrected chi connectivity index (χ2v) is 4.42. The highest BCUT2D eigenvalue weighted by atomic mass is 35.5. The maximum atomic E-state index is 6.05. The first-order valence-corrected chi connectivity index (χ1v) is 5.33. The summed E-state index contributed by atoms with van der Waals surface area (Å²) in [7, 11) is 1.90. The average Bonchev–Trinajstić information content (AvgIpc) is 2.44. The third kappa shape index (κ3) is 1.71. The second kappa shape index (κ2) is 3.67. The third-order valence-electron chi connectivity index (χ3n) is 2.35. The van der Waals surface area contributed by atoms with E-state index in [1.165, 1.54) is 0 Å². The number of hydrogen-bond donors (Lipinski definition) is 1. The quantitative estimate of drug-likeness (QED) is 0.838. The van der Waals surface area contributed by atoms with Crippen LogP contribution in [-0.4, -0.2) is 9.55 Å². The van der Waals surface area contributed by atoms with E-state index in [9.17, 15) is 0 Å². The maximum absolute atomic E-state index is 6.05. The fourth-order valence-corrected chi connectivity index (χ4v) is 2.16. The van der Waals surface area contributed by atoms with Crippen molar-refractivity contribution < 1.29 is 0 Å². The predicted octanol–water partition coefficient (Wildman–Crippen LogP) is 2.90. The Morgan fingerprint density at radius 1 is 1.40 bits per heavy atom. The van der Waals surface area contributed by atoms with Crippen molar-refractivity contribution >= 4 is 34.2 Å². The number of aryl methyl sites for hydroxylation is 1. The van der Waals surface area contributed by atoms with Crippen LogP contribution in [-0.2, 0) is 7.05 Å². The molecule has 0 aliphatic heterocycles. The molecular weight excluding hydrogens is 233 g/mol. The molecule has 2 aromatic rings. The lowest BCUT2D eigenvalue weighted by molar-refractivity contribution is 0.696. The van der Waals surface area contributed by atoms with E-state index in [1.807, 2.05) is 24.6 Å². The number of fused-ring (bicyclic) bond motifs is 1. The molecule has 0 spiro atoms. The number of halogens is 2. The Morgan fingerprint density at radius 2 is 2.07 bits per heavy atom. The van der Waals surface area contributed by atoms with Crippen LogP contribution in [0, 0.1) is 0 Å². The molecule has 0 saturated carbocycles. The number of benzene rings is 1. The van der Waals surface area contributed by atoms with Crippen molar-refractivity contribution in [2.45, 2.75) is 13.0 Å². The molecule has 0 unspecified atom stereocenters. The standard InChI is InChI=1S/C10H11Cl2N3/c1-5(13)10-14-9-7(12)3-6(11)4-8(9)15(10)2/h3-5H,13H2,1-2H3/t5-/m0/s1. The van der Waals surface area contributed by atoms with Gasteiger partial charge in [-0.05, 0) is 19.1 Å². The van der Waals surface area contributed by atoms with Crippen LogP contribution < -0.4 is 5.73 Å². The zero-order chi connectivity index (χ0) is 11.2. The zero-order valence-electron chi connectivity index (χ0n) is 8.46. The lowest BCUT2D eigenvalue weighted by atomic mass is 10.3. The number of nitrogens with zero attached hydrogens (tertiary/aromatic N) is 2. The van der Waals surface area contributed by atoms with E-state index in [-0.39, 0.29) is 6.04 Å². The minimum Gasteiger partial charge on any atom is -0.330 e. The molecule has 0 aliphatic carbocycles. The molecule has 0 amide bonds. The van der Waals surface area contributed by atoms with Gasteiger partial charge in [0.1, 0.15) is 11.3 Å². The van der Waals surface area contributed by atoms with Crippen LogP contribution in [0.4, 0.5) is 0 Å². The van der Waals surface area contributed by atoms with E-state index >= 15 is 0 Å². The van der Waals surface area contributed by atoms with E-state index in [4.69, 9.17) is 28.9 Å². The van der Waals surface area contributed by atoms with Crippen LogP contribution in [0.1, 0.15) is 18.8 Å². The third-order valence-corrected chi connectivity index (χ3v) is 2.85. The molecule has 1 aromatic heterocycles. The van der Waals surface area contributed by atoms with Gasteiger partial charge >= 0.3 is 0 Å². The van der Waals surface area contributed by atoms with Crippen molar-refractivity contribution in [2.75, 3.05) is 0 Å². The number of hydrogen-bond acceptors (Lipinski definition) is 2. The Bertz CT molecular complexity index is 517. The summed E-state index contributed by atoms with van der Waals surface area (Å²) in [6.45, 7) is 1.89. The Kier molecular flexibility index (Phi) is 2.63. The van der Waals surface area contributed by atoms with E-state index in [1.54, 1.807) is 6.07 Å². The summed E-state index contributed by atoms with van der Waals surface area (Å²) in [6, 6.07) is 3.39. The molecule has 1 atom stereocenters. The Morgan fingerprint density at radius 3 is 2.67 bits per heavy atom. The molecule has 0 aliphatic rings. The first-order valence-electron chi connectivity index (χ1n) is 4.57. The van der Waals surface area contributed by atoms with E-state index < -0.39 is 0 Å². The van der Waals surface area contributed by atoms with Crippen LogP contribution in [0.5, 0.6) is 0 Å². The summed E-state index contributed by atoms with van der Waals surface area (Å²) >= 11 is 12.0. The van der Waals surface area contributed by atoms with Crippen LogP contribution in [0.25, 0.3) is 11.0 Å². The highest BCUT2D eigenvalue weighted by Gasteiger charge is 2.13. The topological polar surface area (TPSA) is 43.8 Å². The van der Waals surface area contributed by atoms with Crippen molar-refractivity contribution in [3.63, 3.8) is 0 Å². The minimum absolute atomic E-state index is 0.128. The molecule has 0 bridgehead atoms. The summed E-state index contributed by atoms with van der Waals surface area (Å²) in [5.74, 6) is 0.800. The molecule has 0 saturated heterocycles. The van der Waals surface area contributed by atoms with Crippen LogP contribution in [0.2, 0.25) is 10.0 Å². The minimum atomic E-state index is -0.128. The van der Waals surface area contributed by atoms with Gasteiger partial charge in [0.25, 0.3) is 0 Å². The molecular formula is C10H11Cl2N3. The molecule has 5 heteroatoms. The number of aromatic nitrogens is 2. The highest BCUT2D eigenvalue weighted by molar-refractivity contribution is 6.38. The van der Waals surface area contributed by atoms with E-state index in [2.05, 4.69) is 4.98 Å². The van der Waals surface area contributed by atoms with Gasteiger partial charge in [-0.3, -0.25) is 0 Å². The summed E-state index contributed by atoms with van der Waals surface area (Å²) in [5.41, 5.74) is 7.46. The zero-order valence-corrected chi connectivity index (χ0v) is 9.97. The van der Waals surface area contributed by atoms with Crippen molar-refractivity contribution in [1.29, 1.82) is 0 Å². The van der Waals surface area contributed by atoms with Gasteiger partial charge < -0.3 is 10.3 Å². The largest absolute Gasteiger partial charge is 0.330 e. The molecule has 0 radical (unpaired) electrons. The Balaban J connectivity index is 2.82. The first kappa shape index (κ1) is 10.7. The molecule has 15 heavy (non-hydrogen) atoms. The summed E-state index contributed by atoms with van der Waals surface area (Å²) in [5, 5.41) is 1.16. The molecule has 3 nitrogen and oxygen atoms in total. The fourth-order valence-electron chi connectivity index (χ4n) is 1.64. The van der Waals surface area contributed by atoms with Crippen molar-refractivity contribution in [3.05, 3.63) is 28.0 Å². The van der Waals surface area contributed by atoms with Crippen LogP contribution in [0.15, 0.2) is 12.1 Å². The smallest absolute Gasteiger partial charge is 0.126 e. The SMILES string of the molecule is C[C@H](N)c1nc2c(Cl)cc(Cl)cc2n1C. The highest BCUT2D eigenvalue weighted by Crippen LogP contribution is 2.28. The summed E-state index contributed by atoms with van der Waals surface area (Å²) in [6.07, 6.45) is 0. The van der Waals surface area contributed by atoms with Crippen molar-refractivity contribution in [3.8, 4) is 0 Å². The summed E-state index contributed by atoms with van der Waals surface area (Å²) in [4.78, 5) is 4.40. The van der Waals surface area contributed by atoms with Gasteiger partial charge in [0.15, 0.2) is 0 Å². The molecule has 0 fully saturated rings. The number of imidazole rings is 1. The Hall–Kier alpha value is -0.770. The second-order valence-electron chi connectivity index (χ2n) is 3.57. The predicted molar refractivity (Wildman–Crippen MR) is 63.3 cm³/mol. The molecule has 1 aromatic carbocycles. The van der Waals surface area contributed by atoms with Gasteiger partial charge in [0.2, 0.25) is 0 Å². The van der Waals surface area contributed by atoms with Crippen molar-refractivity contribution in [2.24, 2.45) is 12.8 Å². The first-order chi connectivity index (χ1) is 7.00. The normalized spacial score (nSPS) is 13.4. The van der Waals surface area contributed by atoms with E-state index in [0.717, 1.165) is 16.9 Å². The molecule has 1 heterocycles. The van der Waals surface area contributed by atoms with Crippen LogP contribution >= 0.6 is 23.2 Å². The Labute approximate surface area is 97.8 Å². The van der Waals surface area contributed by atoms with Gasteiger partial charge in [-0.15, -0.1) is 0 Å². The average molecular weight is 244 g/mol. The van der Waals surface area contributed by atoms with E-state index in [0.29, 0.717) is 10.0 Å². The summed E-state index contributed by atoms with van der Waals surface area (Å²) < 4.78 is 1.91. The van der Waals surface area contributed by atoms with Gasteiger partial charge in [0, 0.05) is 12.1 Å². The van der Waals surface area contributed by atoms with Gasteiger partial charge in [-0.1, -0.05) is 23.2 Å². The molecule has 2 N–H and O–H groups in total.